The number of amides is 6. The highest BCUT2D eigenvalue weighted by Gasteiger charge is 2.45. The largest absolute Gasteiger partial charge is 0.458 e. The number of aromatic nitrogens is 2. The minimum absolute atomic E-state index is 0.000377. The first kappa shape index (κ1) is 48.5. The lowest BCUT2D eigenvalue weighted by Crippen LogP contribution is -2.56. The van der Waals surface area contributed by atoms with E-state index in [4.69, 9.17) is 20.2 Å². The second-order valence-electron chi connectivity index (χ2n) is 17.6. The maximum absolute atomic E-state index is 13.9. The van der Waals surface area contributed by atoms with Gasteiger partial charge < -0.3 is 51.0 Å². The number of ether oxygens (including phenoxy) is 2. The van der Waals surface area contributed by atoms with Gasteiger partial charge in [-0.05, 0) is 73.6 Å². The third kappa shape index (κ3) is 9.31. The third-order valence-corrected chi connectivity index (χ3v) is 13.4. The summed E-state index contributed by atoms with van der Waals surface area (Å²) in [4.78, 5) is 111. The Morgan fingerprint density at radius 2 is 1.53 bits per heavy atom. The maximum Gasteiger partial charge on any atom is 0.407 e. The highest BCUT2D eigenvalue weighted by Crippen LogP contribution is 2.45. The molecule has 364 valence electrons. The van der Waals surface area contributed by atoms with E-state index in [1.54, 1.807) is 24.5 Å². The number of carbonyl (C=O) groups excluding carboxylic acids is 7. The first-order valence-corrected chi connectivity index (χ1v) is 23.2. The van der Waals surface area contributed by atoms with Gasteiger partial charge in [-0.15, -0.1) is 0 Å². The van der Waals surface area contributed by atoms with Crippen molar-refractivity contribution in [2.24, 2.45) is 5.73 Å². The molecule has 3 aliphatic rings. The second-order valence-corrected chi connectivity index (χ2v) is 17.6. The van der Waals surface area contributed by atoms with Crippen LogP contribution in [0.3, 0.4) is 0 Å². The Balaban J connectivity index is 0.860. The number of primary amides is 1. The smallest absolute Gasteiger partial charge is 0.407 e. The second kappa shape index (κ2) is 20.0. The van der Waals surface area contributed by atoms with Crippen molar-refractivity contribution in [3.8, 4) is 22.5 Å². The molecule has 3 aromatic carbocycles. The molecule has 4 heterocycles. The minimum Gasteiger partial charge on any atom is -0.458 e. The Bertz CT molecular complexity index is 2980. The van der Waals surface area contributed by atoms with E-state index < -0.39 is 83.8 Å². The SMILES string of the molecule is CCN(CCc1c2c(nc3ccccc13)-c1cc3c(c(=O)n1C2)COC(=O)[C@]3(O)CC)C(=O)CNC(=O)[C@H](CC(N)=O)NC(=O)[C@H](C)NC(=O)[C@H](C)NC(=O)OCC1c2ccccc2-c2ccccc21. The summed E-state index contributed by atoms with van der Waals surface area (Å²) in [6.07, 6.45) is -1.12. The lowest BCUT2D eigenvalue weighted by atomic mass is 9.86. The number of hydrogen-bond donors (Lipinski definition) is 6. The Labute approximate surface area is 402 Å². The van der Waals surface area contributed by atoms with Crippen molar-refractivity contribution >= 4 is 52.5 Å². The van der Waals surface area contributed by atoms with Crippen molar-refractivity contribution in [1.82, 2.24) is 35.7 Å². The molecule has 0 saturated heterocycles. The Kier molecular flexibility index (Phi) is 13.8. The highest BCUT2D eigenvalue weighted by atomic mass is 16.6. The zero-order chi connectivity index (χ0) is 50.0. The van der Waals surface area contributed by atoms with E-state index >= 15 is 0 Å². The van der Waals surface area contributed by atoms with Crippen molar-refractivity contribution in [3.05, 3.63) is 123 Å². The van der Waals surface area contributed by atoms with Gasteiger partial charge in [0.25, 0.3) is 5.56 Å². The molecular formula is C51H54N8O11. The van der Waals surface area contributed by atoms with Crippen LogP contribution < -0.4 is 32.6 Å². The molecule has 19 heteroatoms. The number of carbonyl (C=O) groups is 7. The molecular weight excluding hydrogens is 901 g/mol. The molecule has 4 atom stereocenters. The van der Waals surface area contributed by atoms with Crippen LogP contribution in [0.25, 0.3) is 33.4 Å². The number of cyclic esters (lactones) is 1. The van der Waals surface area contributed by atoms with Gasteiger partial charge in [0.15, 0.2) is 5.60 Å². The fraction of sp³-hybridized carbons (Fsp3) is 0.353. The summed E-state index contributed by atoms with van der Waals surface area (Å²) >= 11 is 0. The molecule has 2 aromatic heterocycles. The molecule has 0 saturated carbocycles. The van der Waals surface area contributed by atoms with Crippen LogP contribution in [0.15, 0.2) is 83.7 Å². The minimum atomic E-state index is -1.99. The first-order valence-electron chi connectivity index (χ1n) is 23.2. The van der Waals surface area contributed by atoms with Crippen LogP contribution in [0.2, 0.25) is 0 Å². The number of esters is 1. The van der Waals surface area contributed by atoms with Gasteiger partial charge in [0, 0.05) is 35.5 Å². The number of rotatable bonds is 17. The number of nitrogens with two attached hydrogens (primary N) is 1. The predicted octanol–water partition coefficient (Wildman–Crippen LogP) is 2.38. The van der Waals surface area contributed by atoms with Crippen LogP contribution in [-0.4, -0.2) is 106 Å². The molecule has 2 aliphatic heterocycles. The quantitative estimate of drug-likeness (QED) is 0.0720. The van der Waals surface area contributed by atoms with E-state index in [-0.39, 0.29) is 56.3 Å². The van der Waals surface area contributed by atoms with Gasteiger partial charge in [0.2, 0.25) is 29.5 Å². The lowest BCUT2D eigenvalue weighted by Gasteiger charge is -2.31. The predicted molar refractivity (Wildman–Crippen MR) is 255 cm³/mol. The molecule has 0 bridgehead atoms. The monoisotopic (exact) mass is 954 g/mol. The number of pyridine rings is 2. The summed E-state index contributed by atoms with van der Waals surface area (Å²) in [6.45, 7) is 6.04. The van der Waals surface area contributed by atoms with Crippen LogP contribution in [0, 0.1) is 0 Å². The van der Waals surface area contributed by atoms with Gasteiger partial charge in [-0.2, -0.15) is 0 Å². The van der Waals surface area contributed by atoms with Crippen molar-refractivity contribution in [3.63, 3.8) is 0 Å². The Morgan fingerprint density at radius 3 is 2.20 bits per heavy atom. The van der Waals surface area contributed by atoms with E-state index in [0.717, 1.165) is 38.8 Å². The summed E-state index contributed by atoms with van der Waals surface area (Å²) in [6, 6.07) is 20.9. The molecule has 0 spiro atoms. The number of benzene rings is 3. The fourth-order valence-corrected chi connectivity index (χ4v) is 9.50. The van der Waals surface area contributed by atoms with Gasteiger partial charge in [-0.25, -0.2) is 14.6 Å². The molecule has 0 fully saturated rings. The average molecular weight is 955 g/mol. The van der Waals surface area contributed by atoms with E-state index in [0.29, 0.717) is 23.3 Å². The molecule has 1 aliphatic carbocycles. The van der Waals surface area contributed by atoms with Crippen molar-refractivity contribution in [2.45, 2.75) is 89.8 Å². The van der Waals surface area contributed by atoms with Gasteiger partial charge in [-0.1, -0.05) is 73.7 Å². The van der Waals surface area contributed by atoms with E-state index in [2.05, 4.69) is 21.3 Å². The summed E-state index contributed by atoms with van der Waals surface area (Å²) in [5.74, 6) is -4.83. The van der Waals surface area contributed by atoms with Gasteiger partial charge in [0.1, 0.15) is 31.3 Å². The normalized spacial score (nSPS) is 16.5. The number of fused-ring (bicyclic) bond motifs is 8. The standard InChI is InChI=1S/C51H54N8O11/c1-5-51(68)38-21-41-44-35(24-59(41)48(65)37(38)26-69-49(51)66)33(34-17-11-12-18-39(34)56-44)19-20-58(6-2)43(61)23-53-47(64)40(22-42(52)60)57-46(63)27(3)54-45(62)28(4)55-50(67)70-25-36-31-15-9-7-13-29(31)30-14-8-10-16-32(30)36/h7-18,21,27-28,36,40,68H,5-6,19-20,22-26H2,1-4H3,(H2,52,60)(H,53,64)(H,54,62)(H,55,67)(H,57,63)/t27-,28-,40-,51-/m0/s1. The van der Waals surface area contributed by atoms with Crippen molar-refractivity contribution in [1.29, 1.82) is 0 Å². The van der Waals surface area contributed by atoms with Gasteiger partial charge >= 0.3 is 12.1 Å². The molecule has 7 N–H and O–H groups in total. The van der Waals surface area contributed by atoms with Crippen molar-refractivity contribution < 1.29 is 48.1 Å². The summed E-state index contributed by atoms with van der Waals surface area (Å²) in [7, 11) is 0. The average Bonchev–Trinajstić information content (AvgIpc) is 3.88. The van der Waals surface area contributed by atoms with Gasteiger partial charge in [-0.3, -0.25) is 28.8 Å². The Morgan fingerprint density at radius 1 is 0.886 bits per heavy atom. The number of para-hydroxylation sites is 1. The number of hydrogen-bond acceptors (Lipinski definition) is 12. The molecule has 0 unspecified atom stereocenters. The lowest BCUT2D eigenvalue weighted by molar-refractivity contribution is -0.172. The third-order valence-electron chi connectivity index (χ3n) is 13.4. The van der Waals surface area contributed by atoms with Crippen LogP contribution in [0.4, 0.5) is 4.79 Å². The number of nitrogens with one attached hydrogen (secondary N) is 4. The molecule has 70 heavy (non-hydrogen) atoms. The number of likely N-dealkylation sites (N-methyl/N-ethyl adjacent to an activating group) is 1. The Hall–Kier alpha value is -7.93. The van der Waals surface area contributed by atoms with Crippen molar-refractivity contribution in [2.75, 3.05) is 26.2 Å². The van der Waals surface area contributed by atoms with E-state index in [9.17, 15) is 43.5 Å². The molecule has 19 nitrogen and oxygen atoms in total. The fourth-order valence-electron chi connectivity index (χ4n) is 9.50. The molecule has 8 rings (SSSR count). The number of aliphatic hydroxyl groups is 1. The van der Waals surface area contributed by atoms with Crippen LogP contribution in [0.1, 0.15) is 79.8 Å². The summed E-state index contributed by atoms with van der Waals surface area (Å²) in [5.41, 5.74) is 10.8. The first-order chi connectivity index (χ1) is 33.5. The van der Waals surface area contributed by atoms with Crippen LogP contribution in [0.5, 0.6) is 0 Å². The highest BCUT2D eigenvalue weighted by molar-refractivity contribution is 5.96. The molecule has 6 amide bonds. The van der Waals surface area contributed by atoms with Crippen LogP contribution in [-0.2, 0) is 63.4 Å². The van der Waals surface area contributed by atoms with Gasteiger partial charge in [0.05, 0.1) is 42.0 Å². The number of nitrogens with zero attached hydrogens (tertiary/aromatic N) is 3. The van der Waals surface area contributed by atoms with E-state index in [1.807, 2.05) is 72.8 Å². The maximum atomic E-state index is 13.9. The molecule has 5 aromatic rings. The summed E-state index contributed by atoms with van der Waals surface area (Å²) in [5, 5.41) is 22.0. The number of alkyl carbamates (subject to hydrolysis) is 1. The summed E-state index contributed by atoms with van der Waals surface area (Å²) < 4.78 is 12.3. The zero-order valence-electron chi connectivity index (χ0n) is 39.1. The topological polar surface area (TPSA) is 270 Å². The van der Waals surface area contributed by atoms with Crippen LogP contribution >= 0.6 is 0 Å². The van der Waals surface area contributed by atoms with E-state index in [1.165, 1.54) is 18.7 Å². The zero-order valence-corrected chi connectivity index (χ0v) is 39.1. The molecule has 0 radical (unpaired) electrons.